The molecule has 0 fully saturated rings. The van der Waals surface area contributed by atoms with Crippen LogP contribution in [0.2, 0.25) is 0 Å². The number of hydrogen-bond acceptors (Lipinski definition) is 2. The highest BCUT2D eigenvalue weighted by molar-refractivity contribution is 9.10. The molecule has 0 bridgehead atoms. The number of nitrogens with zero attached hydrogens (tertiary/aromatic N) is 2. The molecule has 1 aromatic heterocycles. The fourth-order valence-electron chi connectivity index (χ4n) is 2.10. The van der Waals surface area contributed by atoms with Crippen molar-refractivity contribution in [3.63, 3.8) is 0 Å². The van der Waals surface area contributed by atoms with Crippen molar-refractivity contribution in [1.82, 2.24) is 9.55 Å². The standard InChI is InChI=1S/C11H11BrN2O/c1-7-13-9-5-8(12)6-10-11(9)14(7)3-2-4-15-10/h5-6H,2-4H2,1H3. The van der Waals surface area contributed by atoms with E-state index in [-0.39, 0.29) is 0 Å². The average molecular weight is 267 g/mol. The van der Waals surface area contributed by atoms with Crippen LogP contribution in [0.3, 0.4) is 0 Å². The molecule has 0 unspecified atom stereocenters. The van der Waals surface area contributed by atoms with E-state index in [2.05, 4.69) is 25.5 Å². The summed E-state index contributed by atoms with van der Waals surface area (Å²) in [4.78, 5) is 4.54. The van der Waals surface area contributed by atoms with E-state index in [4.69, 9.17) is 4.74 Å². The number of ether oxygens (including phenoxy) is 1. The zero-order chi connectivity index (χ0) is 10.4. The van der Waals surface area contributed by atoms with Gasteiger partial charge in [-0.25, -0.2) is 4.98 Å². The second-order valence-corrected chi connectivity index (χ2v) is 4.70. The smallest absolute Gasteiger partial charge is 0.146 e. The Bertz CT molecular complexity index is 533. The average Bonchev–Trinajstić information content (AvgIpc) is 2.39. The Balaban J connectivity index is 2.42. The number of halogens is 1. The van der Waals surface area contributed by atoms with Crippen molar-refractivity contribution in [3.05, 3.63) is 22.4 Å². The molecule has 2 heterocycles. The number of rotatable bonds is 0. The van der Waals surface area contributed by atoms with E-state index in [1.165, 1.54) is 0 Å². The molecule has 0 radical (unpaired) electrons. The molecule has 15 heavy (non-hydrogen) atoms. The summed E-state index contributed by atoms with van der Waals surface area (Å²) in [5, 5.41) is 0. The van der Waals surface area contributed by atoms with Crippen LogP contribution < -0.4 is 4.74 Å². The van der Waals surface area contributed by atoms with Gasteiger partial charge in [-0.15, -0.1) is 0 Å². The molecular weight excluding hydrogens is 256 g/mol. The normalized spacial score (nSPS) is 15.1. The van der Waals surface area contributed by atoms with Gasteiger partial charge in [0, 0.05) is 11.0 Å². The minimum atomic E-state index is 0.784. The number of hydrogen-bond donors (Lipinski definition) is 0. The Kier molecular flexibility index (Phi) is 1.99. The molecule has 1 aliphatic heterocycles. The van der Waals surface area contributed by atoms with Gasteiger partial charge >= 0.3 is 0 Å². The van der Waals surface area contributed by atoms with Crippen LogP contribution >= 0.6 is 15.9 Å². The lowest BCUT2D eigenvalue weighted by Gasteiger charge is -2.04. The fraction of sp³-hybridized carbons (Fsp3) is 0.364. The largest absolute Gasteiger partial charge is 0.491 e. The number of aryl methyl sites for hydroxylation is 2. The van der Waals surface area contributed by atoms with E-state index in [9.17, 15) is 0 Å². The summed E-state index contributed by atoms with van der Waals surface area (Å²) in [5.74, 6) is 2.01. The lowest BCUT2D eigenvalue weighted by molar-refractivity contribution is 0.315. The van der Waals surface area contributed by atoms with E-state index < -0.39 is 0 Å². The van der Waals surface area contributed by atoms with E-state index >= 15 is 0 Å². The Morgan fingerprint density at radius 2 is 2.33 bits per heavy atom. The quantitative estimate of drug-likeness (QED) is 0.733. The summed E-state index contributed by atoms with van der Waals surface area (Å²) in [6, 6.07) is 4.06. The SMILES string of the molecule is Cc1nc2cc(Br)cc3c2n1CCCO3. The molecular formula is C11H11BrN2O. The van der Waals surface area contributed by atoms with E-state index in [0.29, 0.717) is 0 Å². The van der Waals surface area contributed by atoms with Gasteiger partial charge in [-0.1, -0.05) is 15.9 Å². The second kappa shape index (κ2) is 3.23. The van der Waals surface area contributed by atoms with Crippen LogP contribution in [0.1, 0.15) is 12.2 Å². The molecule has 3 nitrogen and oxygen atoms in total. The summed E-state index contributed by atoms with van der Waals surface area (Å²) in [7, 11) is 0. The third-order valence-electron chi connectivity index (χ3n) is 2.75. The van der Waals surface area contributed by atoms with Gasteiger partial charge in [0.15, 0.2) is 0 Å². The summed E-state index contributed by atoms with van der Waals surface area (Å²) in [6.45, 7) is 3.83. The van der Waals surface area contributed by atoms with Crippen molar-refractivity contribution in [2.75, 3.05) is 6.61 Å². The molecule has 0 atom stereocenters. The molecule has 0 amide bonds. The Morgan fingerprint density at radius 3 is 3.20 bits per heavy atom. The lowest BCUT2D eigenvalue weighted by Crippen LogP contribution is -2.00. The zero-order valence-electron chi connectivity index (χ0n) is 8.46. The van der Waals surface area contributed by atoms with Gasteiger partial charge in [-0.2, -0.15) is 0 Å². The maximum Gasteiger partial charge on any atom is 0.146 e. The molecule has 0 saturated carbocycles. The van der Waals surface area contributed by atoms with Crippen LogP contribution in [-0.2, 0) is 6.54 Å². The highest BCUT2D eigenvalue weighted by Gasteiger charge is 2.16. The minimum absolute atomic E-state index is 0.784. The first kappa shape index (κ1) is 9.21. The predicted octanol–water partition coefficient (Wildman–Crippen LogP) is 2.89. The van der Waals surface area contributed by atoms with Crippen LogP contribution in [0.5, 0.6) is 5.75 Å². The summed E-state index contributed by atoms with van der Waals surface area (Å²) >= 11 is 3.48. The van der Waals surface area contributed by atoms with Gasteiger partial charge < -0.3 is 9.30 Å². The maximum atomic E-state index is 5.72. The van der Waals surface area contributed by atoms with Gasteiger partial charge in [0.25, 0.3) is 0 Å². The number of aromatic nitrogens is 2. The van der Waals surface area contributed by atoms with Crippen molar-refractivity contribution >= 4 is 27.0 Å². The predicted molar refractivity (Wildman–Crippen MR) is 62.3 cm³/mol. The van der Waals surface area contributed by atoms with Crippen molar-refractivity contribution in [1.29, 1.82) is 0 Å². The van der Waals surface area contributed by atoms with E-state index in [0.717, 1.165) is 46.7 Å². The molecule has 0 N–H and O–H groups in total. The highest BCUT2D eigenvalue weighted by atomic mass is 79.9. The molecule has 0 aliphatic carbocycles. The number of imidazole rings is 1. The molecule has 0 saturated heterocycles. The monoisotopic (exact) mass is 266 g/mol. The maximum absolute atomic E-state index is 5.72. The summed E-state index contributed by atoms with van der Waals surface area (Å²) < 4.78 is 8.99. The summed E-state index contributed by atoms with van der Waals surface area (Å²) in [5.41, 5.74) is 2.15. The Morgan fingerprint density at radius 1 is 1.47 bits per heavy atom. The minimum Gasteiger partial charge on any atom is -0.491 e. The van der Waals surface area contributed by atoms with Crippen molar-refractivity contribution in [2.24, 2.45) is 0 Å². The van der Waals surface area contributed by atoms with Crippen LogP contribution in [0.25, 0.3) is 11.0 Å². The molecule has 0 spiro atoms. The first-order chi connectivity index (χ1) is 7.25. The van der Waals surface area contributed by atoms with Gasteiger partial charge in [0.2, 0.25) is 0 Å². The van der Waals surface area contributed by atoms with Gasteiger partial charge in [0.05, 0.1) is 12.1 Å². The second-order valence-electron chi connectivity index (χ2n) is 3.78. The first-order valence-corrected chi connectivity index (χ1v) is 5.84. The van der Waals surface area contributed by atoms with Crippen LogP contribution in [0.15, 0.2) is 16.6 Å². The summed E-state index contributed by atoms with van der Waals surface area (Å²) in [6.07, 6.45) is 1.04. The van der Waals surface area contributed by atoms with Crippen molar-refractivity contribution < 1.29 is 4.74 Å². The Hall–Kier alpha value is -1.03. The molecule has 2 aromatic rings. The van der Waals surface area contributed by atoms with Crippen LogP contribution in [0, 0.1) is 6.92 Å². The molecule has 3 rings (SSSR count). The first-order valence-electron chi connectivity index (χ1n) is 5.05. The van der Waals surface area contributed by atoms with Gasteiger partial charge in [0.1, 0.15) is 17.1 Å². The van der Waals surface area contributed by atoms with Gasteiger partial charge in [-0.3, -0.25) is 0 Å². The molecule has 4 heteroatoms. The molecule has 78 valence electrons. The van der Waals surface area contributed by atoms with Crippen LogP contribution in [-0.4, -0.2) is 16.2 Å². The number of benzene rings is 1. The third kappa shape index (κ3) is 1.35. The van der Waals surface area contributed by atoms with Gasteiger partial charge in [-0.05, 0) is 25.5 Å². The third-order valence-corrected chi connectivity index (χ3v) is 3.20. The van der Waals surface area contributed by atoms with E-state index in [1.807, 2.05) is 19.1 Å². The topological polar surface area (TPSA) is 27.1 Å². The van der Waals surface area contributed by atoms with Crippen LogP contribution in [0.4, 0.5) is 0 Å². The Labute approximate surface area is 96.2 Å². The van der Waals surface area contributed by atoms with Crippen molar-refractivity contribution in [3.8, 4) is 5.75 Å². The molecule has 1 aromatic carbocycles. The molecule has 1 aliphatic rings. The lowest BCUT2D eigenvalue weighted by atomic mass is 10.3. The van der Waals surface area contributed by atoms with E-state index in [1.54, 1.807) is 0 Å². The highest BCUT2D eigenvalue weighted by Crippen LogP contribution is 2.32. The zero-order valence-corrected chi connectivity index (χ0v) is 10.0. The fourth-order valence-corrected chi connectivity index (χ4v) is 2.53. The van der Waals surface area contributed by atoms with Crippen molar-refractivity contribution in [2.45, 2.75) is 19.9 Å².